The lowest BCUT2D eigenvalue weighted by atomic mass is 10.0. The average molecular weight is 315 g/mol. The Hall–Kier alpha value is -1.72. The monoisotopic (exact) mass is 315 g/mol. The highest BCUT2D eigenvalue weighted by molar-refractivity contribution is 7.71. The summed E-state index contributed by atoms with van der Waals surface area (Å²) in [6.07, 6.45) is 0. The van der Waals surface area contributed by atoms with Crippen LogP contribution in [0.1, 0.15) is 17.4 Å². The minimum Gasteiger partial charge on any atom is -0.300 e. The maximum absolute atomic E-state index is 5.30. The van der Waals surface area contributed by atoms with Crippen LogP contribution in [0.4, 0.5) is 0 Å². The molecular formula is C16H17N3S2. The van der Waals surface area contributed by atoms with Crippen molar-refractivity contribution in [2.45, 2.75) is 27.3 Å². The van der Waals surface area contributed by atoms with Gasteiger partial charge in [0, 0.05) is 27.9 Å². The molecule has 108 valence electrons. The summed E-state index contributed by atoms with van der Waals surface area (Å²) in [5.74, 6) is 0.919. The van der Waals surface area contributed by atoms with Gasteiger partial charge >= 0.3 is 0 Å². The zero-order valence-electron chi connectivity index (χ0n) is 12.3. The Morgan fingerprint density at radius 1 is 1.24 bits per heavy atom. The number of nitrogens with zero attached hydrogens (tertiary/aromatic N) is 2. The van der Waals surface area contributed by atoms with Crippen LogP contribution in [-0.4, -0.2) is 14.8 Å². The van der Waals surface area contributed by atoms with Crippen molar-refractivity contribution in [3.63, 3.8) is 0 Å². The minimum absolute atomic E-state index is 0.672. The van der Waals surface area contributed by atoms with Crippen LogP contribution in [0.2, 0.25) is 0 Å². The fourth-order valence-corrected chi connectivity index (χ4v) is 3.64. The van der Waals surface area contributed by atoms with Gasteiger partial charge in [-0.1, -0.05) is 29.8 Å². The van der Waals surface area contributed by atoms with Crippen molar-refractivity contribution >= 4 is 23.6 Å². The van der Waals surface area contributed by atoms with Crippen LogP contribution in [0.5, 0.6) is 0 Å². The van der Waals surface area contributed by atoms with E-state index < -0.39 is 0 Å². The highest BCUT2D eigenvalue weighted by atomic mass is 32.1. The lowest BCUT2D eigenvalue weighted by Gasteiger charge is -2.07. The van der Waals surface area contributed by atoms with Crippen LogP contribution in [0, 0.1) is 18.6 Å². The van der Waals surface area contributed by atoms with Crippen molar-refractivity contribution in [3.8, 4) is 22.5 Å². The van der Waals surface area contributed by atoms with Crippen LogP contribution < -0.4 is 0 Å². The molecule has 0 aliphatic rings. The SMILES string of the molecule is CCn1c(-c2csc(C)c2-c2ccc(C)cc2)n[nH]c1=S. The van der Waals surface area contributed by atoms with E-state index in [0.29, 0.717) is 4.77 Å². The molecule has 3 rings (SSSR count). The normalized spacial score (nSPS) is 11.0. The molecule has 21 heavy (non-hydrogen) atoms. The van der Waals surface area contributed by atoms with Gasteiger partial charge in [0.25, 0.3) is 0 Å². The van der Waals surface area contributed by atoms with Crippen LogP contribution >= 0.6 is 23.6 Å². The number of H-pyrrole nitrogens is 1. The molecule has 1 aromatic carbocycles. The molecule has 2 aromatic heterocycles. The Balaban J connectivity index is 2.21. The van der Waals surface area contributed by atoms with Crippen molar-refractivity contribution < 1.29 is 0 Å². The van der Waals surface area contributed by atoms with Crippen LogP contribution in [0.15, 0.2) is 29.6 Å². The molecule has 0 atom stereocenters. The number of thiophene rings is 1. The summed E-state index contributed by atoms with van der Waals surface area (Å²) < 4.78 is 2.71. The molecule has 3 aromatic rings. The van der Waals surface area contributed by atoms with E-state index in [9.17, 15) is 0 Å². The molecule has 0 amide bonds. The van der Waals surface area contributed by atoms with E-state index in [-0.39, 0.29) is 0 Å². The van der Waals surface area contributed by atoms with Crippen LogP contribution in [0.25, 0.3) is 22.5 Å². The van der Waals surface area contributed by atoms with E-state index in [2.05, 4.69) is 60.6 Å². The highest BCUT2D eigenvalue weighted by Crippen LogP contribution is 2.38. The summed E-state index contributed by atoms with van der Waals surface area (Å²) in [5.41, 5.74) is 4.90. The average Bonchev–Trinajstić information content (AvgIpc) is 3.02. The number of aromatic amines is 1. The summed E-state index contributed by atoms with van der Waals surface area (Å²) in [7, 11) is 0. The van der Waals surface area contributed by atoms with Crippen molar-refractivity contribution in [2.24, 2.45) is 0 Å². The van der Waals surface area contributed by atoms with Gasteiger partial charge in [-0.2, -0.15) is 5.10 Å². The van der Waals surface area contributed by atoms with Gasteiger partial charge in [0.05, 0.1) is 0 Å². The van der Waals surface area contributed by atoms with Crippen LogP contribution in [0.3, 0.4) is 0 Å². The molecule has 0 unspecified atom stereocenters. The Kier molecular flexibility index (Phi) is 3.78. The summed E-state index contributed by atoms with van der Waals surface area (Å²) >= 11 is 7.06. The Morgan fingerprint density at radius 2 is 1.95 bits per heavy atom. The number of hydrogen-bond acceptors (Lipinski definition) is 3. The first-order valence-corrected chi connectivity index (χ1v) is 8.21. The van der Waals surface area contributed by atoms with Gasteiger partial charge in [0.2, 0.25) is 0 Å². The standard InChI is InChI=1S/C16H17N3S2/c1-4-19-15(17-18-16(19)20)13-9-21-11(3)14(13)12-7-5-10(2)6-8-12/h5-9H,4H2,1-3H3,(H,18,20). The maximum atomic E-state index is 5.30. The van der Waals surface area contributed by atoms with E-state index in [1.807, 2.05) is 4.57 Å². The summed E-state index contributed by atoms with van der Waals surface area (Å²) in [5, 5.41) is 9.50. The van der Waals surface area contributed by atoms with Gasteiger partial charge in [0.1, 0.15) is 0 Å². The summed E-state index contributed by atoms with van der Waals surface area (Å²) in [4.78, 5) is 1.30. The third kappa shape index (κ3) is 2.47. The number of rotatable bonds is 3. The zero-order valence-corrected chi connectivity index (χ0v) is 13.9. The third-order valence-electron chi connectivity index (χ3n) is 3.63. The molecule has 3 nitrogen and oxygen atoms in total. The first-order valence-electron chi connectivity index (χ1n) is 6.92. The topological polar surface area (TPSA) is 33.6 Å². The van der Waals surface area contributed by atoms with Gasteiger partial charge in [-0.05, 0) is 38.6 Å². The van der Waals surface area contributed by atoms with Crippen molar-refractivity contribution in [3.05, 3.63) is 44.9 Å². The molecule has 0 fully saturated rings. The predicted molar refractivity (Wildman–Crippen MR) is 91.3 cm³/mol. The van der Waals surface area contributed by atoms with E-state index in [4.69, 9.17) is 12.2 Å². The number of benzene rings is 1. The fraction of sp³-hybridized carbons (Fsp3) is 0.250. The smallest absolute Gasteiger partial charge is 0.195 e. The second kappa shape index (κ2) is 5.58. The first-order chi connectivity index (χ1) is 10.1. The first kappa shape index (κ1) is 14.2. The Bertz CT molecular complexity index is 822. The van der Waals surface area contributed by atoms with Crippen molar-refractivity contribution in [1.82, 2.24) is 14.8 Å². The quantitative estimate of drug-likeness (QED) is 0.692. The third-order valence-corrected chi connectivity index (χ3v) is 4.85. The van der Waals surface area contributed by atoms with Gasteiger partial charge in [-0.25, -0.2) is 0 Å². The predicted octanol–water partition coefficient (Wildman–Crippen LogP) is 4.97. The Morgan fingerprint density at radius 3 is 2.62 bits per heavy atom. The lowest BCUT2D eigenvalue weighted by molar-refractivity contribution is 0.756. The molecule has 0 radical (unpaired) electrons. The highest BCUT2D eigenvalue weighted by Gasteiger charge is 2.17. The van der Waals surface area contributed by atoms with Crippen molar-refractivity contribution in [1.29, 1.82) is 0 Å². The van der Waals surface area contributed by atoms with E-state index in [0.717, 1.165) is 17.9 Å². The van der Waals surface area contributed by atoms with Crippen molar-refractivity contribution in [2.75, 3.05) is 0 Å². The zero-order chi connectivity index (χ0) is 15.0. The number of hydrogen-bond donors (Lipinski definition) is 1. The molecule has 2 heterocycles. The molecular weight excluding hydrogens is 298 g/mol. The maximum Gasteiger partial charge on any atom is 0.195 e. The molecule has 0 saturated heterocycles. The van der Waals surface area contributed by atoms with Gasteiger partial charge in [-0.15, -0.1) is 11.3 Å². The molecule has 0 spiro atoms. The Labute approximate surface area is 133 Å². The second-order valence-corrected chi connectivity index (χ2v) is 6.51. The van der Waals surface area contributed by atoms with Gasteiger partial charge in [-0.3, -0.25) is 5.10 Å². The molecule has 5 heteroatoms. The number of aromatic nitrogens is 3. The van der Waals surface area contributed by atoms with E-state index >= 15 is 0 Å². The largest absolute Gasteiger partial charge is 0.300 e. The number of nitrogens with one attached hydrogen (secondary N) is 1. The van der Waals surface area contributed by atoms with Crippen LogP contribution in [-0.2, 0) is 6.54 Å². The molecule has 1 N–H and O–H groups in total. The summed E-state index contributed by atoms with van der Waals surface area (Å²) in [6.45, 7) is 7.15. The molecule has 0 bridgehead atoms. The molecule has 0 aliphatic carbocycles. The van der Waals surface area contributed by atoms with Gasteiger partial charge in [0.15, 0.2) is 10.6 Å². The lowest BCUT2D eigenvalue weighted by Crippen LogP contribution is -1.98. The number of aryl methyl sites for hydroxylation is 2. The molecule has 0 saturated carbocycles. The fourth-order valence-electron chi connectivity index (χ4n) is 2.51. The second-order valence-electron chi connectivity index (χ2n) is 5.04. The van der Waals surface area contributed by atoms with E-state index in [1.165, 1.54) is 21.6 Å². The minimum atomic E-state index is 0.672. The van der Waals surface area contributed by atoms with E-state index in [1.54, 1.807) is 11.3 Å². The van der Waals surface area contributed by atoms with Gasteiger partial charge < -0.3 is 4.57 Å². The summed E-state index contributed by atoms with van der Waals surface area (Å²) in [6, 6.07) is 8.64. The molecule has 0 aliphatic heterocycles.